The molecule has 1 aliphatic rings. The molecule has 1 aromatic heterocycles. The van der Waals surface area contributed by atoms with E-state index in [1.165, 1.54) is 25.7 Å². The van der Waals surface area contributed by atoms with Crippen molar-refractivity contribution in [3.8, 4) is 0 Å². The number of nitrogens with one attached hydrogen (secondary N) is 1. The van der Waals surface area contributed by atoms with Gasteiger partial charge in [-0.25, -0.2) is 0 Å². The number of nitrogens with zero attached hydrogens (tertiary/aromatic N) is 1. The highest BCUT2D eigenvalue weighted by atomic mass is 16.2. The Bertz CT molecular complexity index is 378. The lowest BCUT2D eigenvalue weighted by molar-refractivity contribution is -0.122. The Morgan fingerprint density at radius 1 is 1.33 bits per heavy atom. The first-order valence-corrected chi connectivity index (χ1v) is 6.93. The van der Waals surface area contributed by atoms with Crippen molar-refractivity contribution in [2.45, 2.75) is 57.7 Å². The summed E-state index contributed by atoms with van der Waals surface area (Å²) in [5, 5.41) is 3.15. The number of hydrogen-bond acceptors (Lipinski definition) is 2. The fourth-order valence-electron chi connectivity index (χ4n) is 2.64. The summed E-state index contributed by atoms with van der Waals surface area (Å²) >= 11 is 0. The third-order valence-electron chi connectivity index (χ3n) is 3.67. The Hall–Kier alpha value is -1.29. The van der Waals surface area contributed by atoms with E-state index in [0.717, 1.165) is 18.5 Å². The fourth-order valence-corrected chi connectivity index (χ4v) is 2.64. The molecule has 1 aromatic rings. The zero-order chi connectivity index (χ0) is 12.8. The lowest BCUT2D eigenvalue weighted by Crippen LogP contribution is -2.36. The van der Waals surface area contributed by atoms with Gasteiger partial charge in [-0.3, -0.25) is 4.79 Å². The monoisotopic (exact) mass is 249 g/mol. The van der Waals surface area contributed by atoms with Crippen molar-refractivity contribution in [1.29, 1.82) is 0 Å². The molecule has 1 fully saturated rings. The number of carbonyl (C=O) groups excluding carboxylic acids is 1. The summed E-state index contributed by atoms with van der Waals surface area (Å²) < 4.78 is 1.92. The first-order valence-electron chi connectivity index (χ1n) is 6.93. The molecule has 4 nitrogen and oxygen atoms in total. The van der Waals surface area contributed by atoms with E-state index in [9.17, 15) is 4.79 Å². The zero-order valence-electron chi connectivity index (χ0n) is 10.9. The second-order valence-corrected chi connectivity index (χ2v) is 5.09. The van der Waals surface area contributed by atoms with Gasteiger partial charge in [-0.1, -0.05) is 25.7 Å². The molecule has 18 heavy (non-hydrogen) atoms. The molecule has 3 N–H and O–H groups in total. The summed E-state index contributed by atoms with van der Waals surface area (Å²) in [5.41, 5.74) is 6.63. The van der Waals surface area contributed by atoms with E-state index in [-0.39, 0.29) is 5.91 Å². The largest absolute Gasteiger partial charge is 0.352 e. The number of nitrogens with two attached hydrogens (primary N) is 1. The molecule has 0 aliphatic heterocycles. The second-order valence-electron chi connectivity index (χ2n) is 5.09. The van der Waals surface area contributed by atoms with Crippen LogP contribution in [0.25, 0.3) is 0 Å². The predicted octanol–water partition coefficient (Wildman–Crippen LogP) is 1.79. The molecule has 0 bridgehead atoms. The molecule has 1 heterocycles. The second kappa shape index (κ2) is 6.59. The molecular formula is C14H23N3O. The third-order valence-corrected chi connectivity index (χ3v) is 3.67. The minimum absolute atomic E-state index is 0.104. The summed E-state index contributed by atoms with van der Waals surface area (Å²) in [6.07, 6.45) is 9.25. The van der Waals surface area contributed by atoms with E-state index in [0.29, 0.717) is 19.1 Å². The van der Waals surface area contributed by atoms with Gasteiger partial charge in [0, 0.05) is 24.5 Å². The maximum Gasteiger partial charge on any atom is 0.240 e. The number of rotatable bonds is 4. The maximum atomic E-state index is 12.0. The van der Waals surface area contributed by atoms with Crippen molar-refractivity contribution in [1.82, 2.24) is 9.88 Å². The lowest BCUT2D eigenvalue weighted by Gasteiger charge is -2.17. The lowest BCUT2D eigenvalue weighted by atomic mass is 10.1. The molecule has 0 radical (unpaired) electrons. The van der Waals surface area contributed by atoms with Gasteiger partial charge in [0.25, 0.3) is 0 Å². The molecule has 0 aromatic carbocycles. The van der Waals surface area contributed by atoms with Crippen LogP contribution in [-0.4, -0.2) is 16.5 Å². The van der Waals surface area contributed by atoms with Crippen LogP contribution in [0.15, 0.2) is 18.3 Å². The van der Waals surface area contributed by atoms with Gasteiger partial charge < -0.3 is 15.6 Å². The first-order chi connectivity index (χ1) is 8.79. The van der Waals surface area contributed by atoms with E-state index < -0.39 is 0 Å². The SMILES string of the molecule is NCc1cccn1CC(=O)NC1CCCCCC1. The number of amides is 1. The van der Waals surface area contributed by atoms with Crippen molar-refractivity contribution in [3.63, 3.8) is 0 Å². The van der Waals surface area contributed by atoms with Crippen LogP contribution in [-0.2, 0) is 17.9 Å². The highest BCUT2D eigenvalue weighted by molar-refractivity contribution is 5.76. The summed E-state index contributed by atoms with van der Waals surface area (Å²) in [4.78, 5) is 12.0. The molecule has 1 saturated carbocycles. The zero-order valence-corrected chi connectivity index (χ0v) is 10.9. The number of hydrogen-bond donors (Lipinski definition) is 2. The molecular weight excluding hydrogens is 226 g/mol. The van der Waals surface area contributed by atoms with E-state index in [1.807, 2.05) is 22.9 Å². The predicted molar refractivity (Wildman–Crippen MR) is 72.0 cm³/mol. The van der Waals surface area contributed by atoms with Gasteiger partial charge in [0.15, 0.2) is 0 Å². The Morgan fingerprint density at radius 3 is 2.72 bits per heavy atom. The standard InChI is InChI=1S/C14H23N3O/c15-10-13-8-5-9-17(13)11-14(18)16-12-6-3-1-2-4-7-12/h5,8-9,12H,1-4,6-7,10-11,15H2,(H,16,18). The van der Waals surface area contributed by atoms with E-state index in [2.05, 4.69) is 5.32 Å². The molecule has 0 saturated heterocycles. The third kappa shape index (κ3) is 3.60. The average Bonchev–Trinajstić information content (AvgIpc) is 2.64. The van der Waals surface area contributed by atoms with Gasteiger partial charge in [0.2, 0.25) is 5.91 Å². The molecule has 0 unspecified atom stereocenters. The van der Waals surface area contributed by atoms with Crippen LogP contribution >= 0.6 is 0 Å². The molecule has 0 spiro atoms. The summed E-state index contributed by atoms with van der Waals surface area (Å²) in [7, 11) is 0. The van der Waals surface area contributed by atoms with Crippen LogP contribution in [0.2, 0.25) is 0 Å². The fraction of sp³-hybridized carbons (Fsp3) is 0.643. The van der Waals surface area contributed by atoms with Crippen LogP contribution in [0.1, 0.15) is 44.2 Å². The Balaban J connectivity index is 1.84. The van der Waals surface area contributed by atoms with Crippen LogP contribution in [0.4, 0.5) is 0 Å². The molecule has 0 atom stereocenters. The Kier molecular flexibility index (Phi) is 4.81. The van der Waals surface area contributed by atoms with Crippen molar-refractivity contribution in [3.05, 3.63) is 24.0 Å². The smallest absolute Gasteiger partial charge is 0.240 e. The highest BCUT2D eigenvalue weighted by Crippen LogP contribution is 2.17. The number of carbonyl (C=O) groups is 1. The van der Waals surface area contributed by atoms with Gasteiger partial charge in [0.1, 0.15) is 6.54 Å². The normalized spacial score (nSPS) is 17.4. The van der Waals surface area contributed by atoms with Gasteiger partial charge >= 0.3 is 0 Å². The van der Waals surface area contributed by atoms with Crippen molar-refractivity contribution in [2.24, 2.45) is 5.73 Å². The summed E-state index contributed by atoms with van der Waals surface area (Å²) in [6, 6.07) is 4.26. The van der Waals surface area contributed by atoms with Crippen molar-refractivity contribution in [2.75, 3.05) is 0 Å². The molecule has 1 aliphatic carbocycles. The minimum atomic E-state index is 0.104. The quantitative estimate of drug-likeness (QED) is 0.799. The van der Waals surface area contributed by atoms with Gasteiger partial charge in [-0.2, -0.15) is 0 Å². The summed E-state index contributed by atoms with van der Waals surface area (Å²) in [5.74, 6) is 0.104. The van der Waals surface area contributed by atoms with E-state index in [4.69, 9.17) is 5.73 Å². The van der Waals surface area contributed by atoms with Crippen LogP contribution in [0.3, 0.4) is 0 Å². The summed E-state index contributed by atoms with van der Waals surface area (Å²) in [6.45, 7) is 0.861. The first kappa shape index (κ1) is 13.1. The van der Waals surface area contributed by atoms with E-state index >= 15 is 0 Å². The van der Waals surface area contributed by atoms with E-state index in [1.54, 1.807) is 0 Å². The van der Waals surface area contributed by atoms with Crippen molar-refractivity contribution >= 4 is 5.91 Å². The van der Waals surface area contributed by atoms with Gasteiger partial charge in [-0.15, -0.1) is 0 Å². The Labute approximate surface area is 109 Å². The number of aromatic nitrogens is 1. The maximum absolute atomic E-state index is 12.0. The van der Waals surface area contributed by atoms with Gasteiger partial charge in [0.05, 0.1) is 0 Å². The molecule has 2 rings (SSSR count). The molecule has 100 valence electrons. The average molecular weight is 249 g/mol. The van der Waals surface area contributed by atoms with Crippen LogP contribution in [0, 0.1) is 0 Å². The van der Waals surface area contributed by atoms with Crippen LogP contribution < -0.4 is 11.1 Å². The van der Waals surface area contributed by atoms with Gasteiger partial charge in [-0.05, 0) is 25.0 Å². The van der Waals surface area contributed by atoms with Crippen molar-refractivity contribution < 1.29 is 4.79 Å². The minimum Gasteiger partial charge on any atom is -0.352 e. The topological polar surface area (TPSA) is 60.0 Å². The molecule has 1 amide bonds. The highest BCUT2D eigenvalue weighted by Gasteiger charge is 2.15. The Morgan fingerprint density at radius 2 is 2.06 bits per heavy atom. The molecule has 4 heteroatoms. The van der Waals surface area contributed by atoms with Crippen LogP contribution in [0.5, 0.6) is 0 Å².